The SMILES string of the molecule is O=C(NCc1ccc(F)cc1)C1CSCN1C(=O)/C=C/c1ccccc1. The number of hydrogen-bond acceptors (Lipinski definition) is 3. The first-order chi connectivity index (χ1) is 12.6. The van der Waals surface area contributed by atoms with Gasteiger partial charge in [-0.25, -0.2) is 4.39 Å². The maximum absolute atomic E-state index is 12.9. The van der Waals surface area contributed by atoms with Crippen LogP contribution in [0.4, 0.5) is 4.39 Å². The Balaban J connectivity index is 1.58. The number of thioether (sulfide) groups is 1. The molecule has 1 heterocycles. The van der Waals surface area contributed by atoms with Crippen LogP contribution < -0.4 is 5.32 Å². The Labute approximate surface area is 156 Å². The van der Waals surface area contributed by atoms with Crippen molar-refractivity contribution in [3.05, 3.63) is 77.6 Å². The van der Waals surface area contributed by atoms with Crippen molar-refractivity contribution in [3.8, 4) is 0 Å². The molecule has 1 unspecified atom stereocenters. The molecule has 0 saturated carbocycles. The van der Waals surface area contributed by atoms with Crippen molar-refractivity contribution in [3.63, 3.8) is 0 Å². The molecule has 1 saturated heterocycles. The zero-order chi connectivity index (χ0) is 18.4. The summed E-state index contributed by atoms with van der Waals surface area (Å²) in [5, 5.41) is 2.83. The van der Waals surface area contributed by atoms with Gasteiger partial charge in [-0.15, -0.1) is 11.8 Å². The Hall–Kier alpha value is -2.60. The Morgan fingerprint density at radius 3 is 2.62 bits per heavy atom. The van der Waals surface area contributed by atoms with Gasteiger partial charge < -0.3 is 10.2 Å². The van der Waals surface area contributed by atoms with Gasteiger partial charge in [0, 0.05) is 18.4 Å². The molecule has 0 aliphatic carbocycles. The summed E-state index contributed by atoms with van der Waals surface area (Å²) < 4.78 is 12.9. The lowest BCUT2D eigenvalue weighted by Gasteiger charge is -2.21. The van der Waals surface area contributed by atoms with E-state index in [1.54, 1.807) is 34.9 Å². The van der Waals surface area contributed by atoms with Crippen LogP contribution in [0.15, 0.2) is 60.7 Å². The quantitative estimate of drug-likeness (QED) is 0.823. The van der Waals surface area contributed by atoms with Crippen LogP contribution in [0.2, 0.25) is 0 Å². The molecule has 2 amide bonds. The van der Waals surface area contributed by atoms with E-state index in [1.807, 2.05) is 30.3 Å². The molecule has 26 heavy (non-hydrogen) atoms. The Bertz CT molecular complexity index is 793. The molecule has 1 atom stereocenters. The van der Waals surface area contributed by atoms with Gasteiger partial charge in [0.1, 0.15) is 11.9 Å². The van der Waals surface area contributed by atoms with Crippen molar-refractivity contribution in [2.24, 2.45) is 0 Å². The van der Waals surface area contributed by atoms with Gasteiger partial charge >= 0.3 is 0 Å². The molecule has 0 bridgehead atoms. The van der Waals surface area contributed by atoms with E-state index in [0.717, 1.165) is 11.1 Å². The van der Waals surface area contributed by atoms with E-state index < -0.39 is 6.04 Å². The molecule has 0 aromatic heterocycles. The largest absolute Gasteiger partial charge is 0.350 e. The van der Waals surface area contributed by atoms with E-state index in [1.165, 1.54) is 18.2 Å². The molecule has 0 radical (unpaired) electrons. The first-order valence-corrected chi connectivity index (χ1v) is 9.42. The first-order valence-electron chi connectivity index (χ1n) is 8.27. The van der Waals surface area contributed by atoms with E-state index in [-0.39, 0.29) is 17.6 Å². The molecule has 3 rings (SSSR count). The first kappa shape index (κ1) is 18.2. The molecule has 0 spiro atoms. The molecule has 1 N–H and O–H groups in total. The number of amides is 2. The van der Waals surface area contributed by atoms with Crippen LogP contribution in [0, 0.1) is 5.82 Å². The highest BCUT2D eigenvalue weighted by atomic mass is 32.2. The summed E-state index contributed by atoms with van der Waals surface area (Å²) in [7, 11) is 0. The average Bonchev–Trinajstić information content (AvgIpc) is 3.16. The van der Waals surface area contributed by atoms with Gasteiger partial charge in [0.15, 0.2) is 0 Å². The Kier molecular flexibility index (Phi) is 6.07. The number of carbonyl (C=O) groups excluding carboxylic acids is 2. The highest BCUT2D eigenvalue weighted by molar-refractivity contribution is 7.99. The van der Waals surface area contributed by atoms with Crippen molar-refractivity contribution in [2.75, 3.05) is 11.6 Å². The number of nitrogens with zero attached hydrogens (tertiary/aromatic N) is 1. The van der Waals surface area contributed by atoms with Crippen molar-refractivity contribution in [2.45, 2.75) is 12.6 Å². The average molecular weight is 370 g/mol. The molecule has 134 valence electrons. The molecular weight excluding hydrogens is 351 g/mol. The summed E-state index contributed by atoms with van der Waals surface area (Å²) in [6.07, 6.45) is 3.25. The summed E-state index contributed by atoms with van der Waals surface area (Å²) in [5.41, 5.74) is 1.75. The molecular formula is C20H19FN2O2S. The number of carbonyl (C=O) groups is 2. The molecule has 2 aromatic rings. The van der Waals surface area contributed by atoms with Crippen LogP contribution >= 0.6 is 11.8 Å². The highest BCUT2D eigenvalue weighted by Gasteiger charge is 2.33. The van der Waals surface area contributed by atoms with Gasteiger partial charge in [-0.1, -0.05) is 42.5 Å². The topological polar surface area (TPSA) is 49.4 Å². The Morgan fingerprint density at radius 2 is 1.88 bits per heavy atom. The molecule has 1 aliphatic heterocycles. The fraction of sp³-hybridized carbons (Fsp3) is 0.200. The van der Waals surface area contributed by atoms with Crippen molar-refractivity contribution in [1.29, 1.82) is 0 Å². The van der Waals surface area contributed by atoms with Gasteiger partial charge in [-0.05, 0) is 29.3 Å². The lowest BCUT2D eigenvalue weighted by Crippen LogP contribution is -2.46. The molecule has 1 aliphatic rings. The predicted molar refractivity (Wildman–Crippen MR) is 102 cm³/mol. The van der Waals surface area contributed by atoms with E-state index in [9.17, 15) is 14.0 Å². The number of hydrogen-bond donors (Lipinski definition) is 1. The van der Waals surface area contributed by atoms with Gasteiger partial charge in [0.25, 0.3) is 0 Å². The van der Waals surface area contributed by atoms with Crippen LogP contribution in [-0.4, -0.2) is 34.4 Å². The Morgan fingerprint density at radius 1 is 1.15 bits per heavy atom. The minimum atomic E-state index is -0.492. The number of halogens is 1. The zero-order valence-corrected chi connectivity index (χ0v) is 14.9. The minimum absolute atomic E-state index is 0.180. The van der Waals surface area contributed by atoms with Gasteiger partial charge in [0.2, 0.25) is 11.8 Å². The fourth-order valence-electron chi connectivity index (χ4n) is 2.61. The van der Waals surface area contributed by atoms with Crippen LogP contribution in [0.3, 0.4) is 0 Å². The third-order valence-electron chi connectivity index (χ3n) is 4.07. The molecule has 6 heteroatoms. The monoisotopic (exact) mass is 370 g/mol. The maximum Gasteiger partial charge on any atom is 0.247 e. The zero-order valence-electron chi connectivity index (χ0n) is 14.1. The summed E-state index contributed by atoms with van der Waals surface area (Å²) in [4.78, 5) is 26.5. The van der Waals surface area contributed by atoms with Gasteiger partial charge in [0.05, 0.1) is 5.88 Å². The molecule has 4 nitrogen and oxygen atoms in total. The molecule has 1 fully saturated rings. The van der Waals surface area contributed by atoms with E-state index >= 15 is 0 Å². The number of nitrogens with one attached hydrogen (secondary N) is 1. The highest BCUT2D eigenvalue weighted by Crippen LogP contribution is 2.22. The van der Waals surface area contributed by atoms with Gasteiger partial charge in [-0.2, -0.15) is 0 Å². The summed E-state index contributed by atoms with van der Waals surface area (Å²) >= 11 is 1.55. The smallest absolute Gasteiger partial charge is 0.247 e. The van der Waals surface area contributed by atoms with Crippen molar-refractivity contribution in [1.82, 2.24) is 10.2 Å². The minimum Gasteiger partial charge on any atom is -0.350 e. The van der Waals surface area contributed by atoms with E-state index in [2.05, 4.69) is 5.32 Å². The van der Waals surface area contributed by atoms with Crippen LogP contribution in [0.1, 0.15) is 11.1 Å². The van der Waals surface area contributed by atoms with E-state index in [0.29, 0.717) is 18.2 Å². The van der Waals surface area contributed by atoms with Gasteiger partial charge in [-0.3, -0.25) is 9.59 Å². The normalized spacial score (nSPS) is 16.8. The third-order valence-corrected chi connectivity index (χ3v) is 5.08. The second kappa shape index (κ2) is 8.67. The summed E-state index contributed by atoms with van der Waals surface area (Å²) in [6.45, 7) is 0.308. The van der Waals surface area contributed by atoms with Crippen LogP contribution in [-0.2, 0) is 16.1 Å². The lowest BCUT2D eigenvalue weighted by atomic mass is 10.2. The summed E-state index contributed by atoms with van der Waals surface area (Å²) in [5.74, 6) is 0.378. The maximum atomic E-state index is 12.9. The van der Waals surface area contributed by atoms with Crippen molar-refractivity contribution < 1.29 is 14.0 Å². The molecule has 2 aromatic carbocycles. The third kappa shape index (κ3) is 4.73. The predicted octanol–water partition coefficient (Wildman–Crippen LogP) is 3.06. The summed E-state index contributed by atoms with van der Waals surface area (Å²) in [6, 6.07) is 15.0. The second-order valence-electron chi connectivity index (χ2n) is 5.91. The van der Waals surface area contributed by atoms with E-state index in [4.69, 9.17) is 0 Å². The number of rotatable bonds is 5. The van der Waals surface area contributed by atoms with Crippen molar-refractivity contribution >= 4 is 29.7 Å². The lowest BCUT2D eigenvalue weighted by molar-refractivity contribution is -0.134. The second-order valence-corrected chi connectivity index (χ2v) is 6.91. The standard InChI is InChI=1S/C20H19FN2O2S/c21-17-9-6-16(7-10-17)12-22-20(25)18-13-26-14-23(18)19(24)11-8-15-4-2-1-3-5-15/h1-11,18H,12-14H2,(H,22,25)/b11-8+. The number of benzene rings is 2. The fourth-order valence-corrected chi connectivity index (χ4v) is 3.78. The van der Waals surface area contributed by atoms with Crippen LogP contribution in [0.25, 0.3) is 6.08 Å². The van der Waals surface area contributed by atoms with Crippen LogP contribution in [0.5, 0.6) is 0 Å².